The minimum absolute atomic E-state index is 0.00222. The van der Waals surface area contributed by atoms with Crippen LogP contribution < -0.4 is 0 Å². The monoisotopic (exact) mass is 249 g/mol. The van der Waals surface area contributed by atoms with Crippen molar-refractivity contribution in [2.45, 2.75) is 18.4 Å². The number of aliphatic carboxylic acids is 1. The normalized spacial score (nSPS) is 23.2. The molecule has 0 spiro atoms. The molecule has 1 amide bonds. The van der Waals surface area contributed by atoms with Crippen LogP contribution in [0.5, 0.6) is 0 Å². The third-order valence-corrected chi connectivity index (χ3v) is 2.39. The lowest BCUT2D eigenvalue weighted by molar-refractivity contribution is -0.132. The number of hydrogen-bond acceptors (Lipinski definition) is 3. The third kappa shape index (κ3) is 3.77. The van der Waals surface area contributed by atoms with Crippen LogP contribution in [0.3, 0.4) is 0 Å². The zero-order chi connectivity index (χ0) is 13.1. The lowest BCUT2D eigenvalue weighted by atomic mass is 10.2. The Bertz CT molecular complexity index is 343. The third-order valence-electron chi connectivity index (χ3n) is 2.39. The fraction of sp³-hybridized carbons (Fsp3) is 0.600. The van der Waals surface area contributed by atoms with Gasteiger partial charge in [0, 0.05) is 25.7 Å². The van der Waals surface area contributed by atoms with Gasteiger partial charge in [0.05, 0.1) is 19.2 Å². The molecule has 1 aliphatic rings. The zero-order valence-electron chi connectivity index (χ0n) is 9.23. The van der Waals surface area contributed by atoms with Crippen molar-refractivity contribution in [1.29, 1.82) is 0 Å². The molecule has 0 aromatic heterocycles. The van der Waals surface area contributed by atoms with Gasteiger partial charge in [-0.25, -0.2) is 13.6 Å². The Kier molecular flexibility index (Phi) is 4.17. The van der Waals surface area contributed by atoms with Crippen molar-refractivity contribution in [3.05, 3.63) is 12.2 Å². The van der Waals surface area contributed by atoms with Crippen LogP contribution in [0, 0.1) is 0 Å². The molecule has 96 valence electrons. The van der Waals surface area contributed by atoms with Crippen molar-refractivity contribution >= 4 is 11.9 Å². The number of rotatable bonds is 4. The summed E-state index contributed by atoms with van der Waals surface area (Å²) in [6.45, 7) is -0.702. The van der Waals surface area contributed by atoms with Gasteiger partial charge in [-0.1, -0.05) is 0 Å². The summed E-state index contributed by atoms with van der Waals surface area (Å²) in [7, 11) is 1.35. The summed E-state index contributed by atoms with van der Waals surface area (Å²) in [5.41, 5.74) is 0. The summed E-state index contributed by atoms with van der Waals surface area (Å²) >= 11 is 0. The molecule has 0 saturated carbocycles. The van der Waals surface area contributed by atoms with Gasteiger partial charge in [-0.3, -0.25) is 4.79 Å². The number of alkyl halides is 2. The largest absolute Gasteiger partial charge is 0.478 e. The van der Waals surface area contributed by atoms with E-state index in [1.165, 1.54) is 7.11 Å². The van der Waals surface area contributed by atoms with E-state index in [4.69, 9.17) is 9.84 Å². The van der Waals surface area contributed by atoms with E-state index in [9.17, 15) is 18.4 Å². The molecule has 1 fully saturated rings. The summed E-state index contributed by atoms with van der Waals surface area (Å²) in [6, 6.07) is -0.721. The summed E-state index contributed by atoms with van der Waals surface area (Å²) in [6.07, 6.45) is 0.933. The van der Waals surface area contributed by atoms with E-state index in [1.54, 1.807) is 0 Å². The maximum Gasteiger partial charge on any atom is 0.328 e. The van der Waals surface area contributed by atoms with Crippen molar-refractivity contribution in [1.82, 2.24) is 4.90 Å². The number of halogens is 2. The molecule has 17 heavy (non-hydrogen) atoms. The summed E-state index contributed by atoms with van der Waals surface area (Å²) in [5.74, 6) is -4.99. The van der Waals surface area contributed by atoms with Crippen LogP contribution in [0.4, 0.5) is 8.78 Å². The minimum Gasteiger partial charge on any atom is -0.478 e. The molecule has 0 aromatic rings. The second kappa shape index (κ2) is 5.22. The number of amides is 1. The average molecular weight is 249 g/mol. The molecular weight excluding hydrogens is 236 g/mol. The molecular formula is C10H13F2NO4. The molecule has 5 nitrogen and oxygen atoms in total. The molecule has 0 bridgehead atoms. The quantitative estimate of drug-likeness (QED) is 0.737. The fourth-order valence-corrected chi connectivity index (χ4v) is 1.74. The van der Waals surface area contributed by atoms with E-state index >= 15 is 0 Å². The van der Waals surface area contributed by atoms with Gasteiger partial charge in [-0.05, 0) is 0 Å². The molecule has 1 rings (SSSR count). The lowest BCUT2D eigenvalue weighted by Crippen LogP contribution is -2.37. The number of hydrogen-bond donors (Lipinski definition) is 1. The number of nitrogens with zero attached hydrogens (tertiary/aromatic N) is 1. The molecule has 0 radical (unpaired) electrons. The molecule has 1 atom stereocenters. The number of carboxylic acid groups (broad SMARTS) is 1. The second-order valence-electron chi connectivity index (χ2n) is 3.81. The highest BCUT2D eigenvalue weighted by Crippen LogP contribution is 2.32. The summed E-state index contributed by atoms with van der Waals surface area (Å²) < 4.78 is 31.0. The molecule has 7 heteroatoms. The molecule has 1 aliphatic heterocycles. The Hall–Kier alpha value is -1.50. The number of carbonyl (C=O) groups excluding carboxylic acids is 1. The van der Waals surface area contributed by atoms with E-state index in [0.29, 0.717) is 6.08 Å². The molecule has 0 aromatic carbocycles. The van der Waals surface area contributed by atoms with E-state index in [-0.39, 0.29) is 6.61 Å². The van der Waals surface area contributed by atoms with Crippen LogP contribution in [-0.4, -0.2) is 54.1 Å². The smallest absolute Gasteiger partial charge is 0.328 e. The number of methoxy groups -OCH3 is 1. The van der Waals surface area contributed by atoms with Crippen LogP contribution in [0.2, 0.25) is 0 Å². The van der Waals surface area contributed by atoms with Gasteiger partial charge in [0.1, 0.15) is 0 Å². The molecule has 1 unspecified atom stereocenters. The fourth-order valence-electron chi connectivity index (χ4n) is 1.74. The first-order valence-corrected chi connectivity index (χ1v) is 4.94. The number of likely N-dealkylation sites (tertiary alicyclic amines) is 1. The molecule has 1 N–H and O–H groups in total. The van der Waals surface area contributed by atoms with Gasteiger partial charge in [0.25, 0.3) is 5.92 Å². The van der Waals surface area contributed by atoms with Crippen LogP contribution in [-0.2, 0) is 14.3 Å². The predicted molar refractivity (Wildman–Crippen MR) is 53.7 cm³/mol. The van der Waals surface area contributed by atoms with Gasteiger partial charge in [0.15, 0.2) is 0 Å². The van der Waals surface area contributed by atoms with Crippen molar-refractivity contribution < 1.29 is 28.2 Å². The number of carbonyl (C=O) groups is 2. The SMILES string of the molecule is COCC1CC(F)(F)CN1C(=O)/C=C/C(=O)O. The molecule has 1 saturated heterocycles. The Morgan fingerprint density at radius 1 is 1.53 bits per heavy atom. The first-order chi connectivity index (χ1) is 7.85. The van der Waals surface area contributed by atoms with E-state index in [0.717, 1.165) is 11.0 Å². The van der Waals surface area contributed by atoms with Gasteiger partial charge in [-0.2, -0.15) is 0 Å². The van der Waals surface area contributed by atoms with Crippen LogP contribution in [0.15, 0.2) is 12.2 Å². The number of carboxylic acids is 1. The van der Waals surface area contributed by atoms with E-state index in [2.05, 4.69) is 0 Å². The highest BCUT2D eigenvalue weighted by atomic mass is 19.3. The zero-order valence-corrected chi connectivity index (χ0v) is 9.23. The van der Waals surface area contributed by atoms with Gasteiger partial charge < -0.3 is 14.7 Å². The Balaban J connectivity index is 2.73. The van der Waals surface area contributed by atoms with Crippen molar-refractivity contribution in [3.63, 3.8) is 0 Å². The van der Waals surface area contributed by atoms with Crippen molar-refractivity contribution in [3.8, 4) is 0 Å². The summed E-state index contributed by atoms with van der Waals surface area (Å²) in [4.78, 5) is 22.7. The Labute approximate surface area is 96.7 Å². The average Bonchev–Trinajstić information content (AvgIpc) is 2.51. The Morgan fingerprint density at radius 3 is 2.71 bits per heavy atom. The van der Waals surface area contributed by atoms with Gasteiger partial charge in [0.2, 0.25) is 5.91 Å². The topological polar surface area (TPSA) is 66.8 Å². The standard InChI is InChI=1S/C10H13F2NO4/c1-17-5-7-4-10(11,12)6-13(7)8(14)2-3-9(15)16/h2-3,7H,4-6H2,1H3,(H,15,16)/b3-2+. The molecule has 1 heterocycles. The first kappa shape index (κ1) is 13.6. The molecule has 0 aliphatic carbocycles. The summed E-state index contributed by atoms with van der Waals surface area (Å²) in [5, 5.41) is 8.35. The van der Waals surface area contributed by atoms with E-state index < -0.39 is 36.8 Å². The number of ether oxygens (including phenoxy) is 1. The second-order valence-corrected chi connectivity index (χ2v) is 3.81. The Morgan fingerprint density at radius 2 is 2.18 bits per heavy atom. The van der Waals surface area contributed by atoms with Crippen LogP contribution >= 0.6 is 0 Å². The van der Waals surface area contributed by atoms with Crippen LogP contribution in [0.25, 0.3) is 0 Å². The van der Waals surface area contributed by atoms with Crippen molar-refractivity contribution in [2.24, 2.45) is 0 Å². The van der Waals surface area contributed by atoms with Crippen LogP contribution in [0.1, 0.15) is 6.42 Å². The highest BCUT2D eigenvalue weighted by Gasteiger charge is 2.46. The minimum atomic E-state index is -2.95. The first-order valence-electron chi connectivity index (χ1n) is 4.94. The van der Waals surface area contributed by atoms with E-state index in [1.807, 2.05) is 0 Å². The highest BCUT2D eigenvalue weighted by molar-refractivity contribution is 5.94. The van der Waals surface area contributed by atoms with Gasteiger partial charge in [-0.15, -0.1) is 0 Å². The maximum atomic E-state index is 13.1. The lowest BCUT2D eigenvalue weighted by Gasteiger charge is -2.21. The maximum absolute atomic E-state index is 13.1. The predicted octanol–water partition coefficient (Wildman–Crippen LogP) is 0.510. The van der Waals surface area contributed by atoms with Crippen molar-refractivity contribution in [2.75, 3.05) is 20.3 Å². The van der Waals surface area contributed by atoms with Gasteiger partial charge >= 0.3 is 5.97 Å².